The number of rotatable bonds is 3. The van der Waals surface area contributed by atoms with Gasteiger partial charge in [-0.1, -0.05) is 36.4 Å². The molecule has 1 atom stereocenters. The van der Waals surface area contributed by atoms with E-state index in [4.69, 9.17) is 4.74 Å². The first-order valence-electron chi connectivity index (χ1n) is 6.47. The summed E-state index contributed by atoms with van der Waals surface area (Å²) < 4.78 is 5.55. The molecule has 1 fully saturated rings. The van der Waals surface area contributed by atoms with Crippen molar-refractivity contribution >= 4 is 10.8 Å². The summed E-state index contributed by atoms with van der Waals surface area (Å²) in [5.41, 5.74) is 0.595. The van der Waals surface area contributed by atoms with E-state index in [0.29, 0.717) is 0 Å². The van der Waals surface area contributed by atoms with Crippen LogP contribution in [0.2, 0.25) is 0 Å². The van der Waals surface area contributed by atoms with E-state index in [0.717, 1.165) is 24.8 Å². The van der Waals surface area contributed by atoms with Gasteiger partial charge in [0.15, 0.2) is 0 Å². The van der Waals surface area contributed by atoms with E-state index >= 15 is 0 Å². The number of fused-ring (bicyclic) bond motifs is 1. The molecule has 0 saturated heterocycles. The van der Waals surface area contributed by atoms with E-state index in [1.165, 1.54) is 10.8 Å². The van der Waals surface area contributed by atoms with Gasteiger partial charge in [-0.2, -0.15) is 0 Å². The highest BCUT2D eigenvalue weighted by Gasteiger charge is 2.44. The van der Waals surface area contributed by atoms with Crippen molar-refractivity contribution in [2.75, 3.05) is 7.11 Å². The molecule has 0 aliphatic heterocycles. The number of benzene rings is 2. The second-order valence-corrected chi connectivity index (χ2v) is 5.13. The highest BCUT2D eigenvalue weighted by molar-refractivity contribution is 5.83. The van der Waals surface area contributed by atoms with Crippen molar-refractivity contribution in [3.63, 3.8) is 0 Å². The normalized spacial score (nSPS) is 19.4. The minimum absolute atomic E-state index is 0.359. The zero-order valence-electron chi connectivity index (χ0n) is 10.6. The van der Waals surface area contributed by atoms with Crippen molar-refractivity contribution in [2.24, 2.45) is 0 Å². The van der Waals surface area contributed by atoms with Crippen molar-refractivity contribution < 1.29 is 9.84 Å². The molecule has 18 heavy (non-hydrogen) atoms. The van der Waals surface area contributed by atoms with Gasteiger partial charge in [-0.05, 0) is 41.7 Å². The highest BCUT2D eigenvalue weighted by Crippen LogP contribution is 2.45. The van der Waals surface area contributed by atoms with Crippen molar-refractivity contribution in [2.45, 2.75) is 31.0 Å². The fourth-order valence-electron chi connectivity index (χ4n) is 2.80. The van der Waals surface area contributed by atoms with Crippen molar-refractivity contribution in [1.29, 1.82) is 0 Å². The van der Waals surface area contributed by atoms with Gasteiger partial charge < -0.3 is 9.84 Å². The summed E-state index contributed by atoms with van der Waals surface area (Å²) in [4.78, 5) is 0. The van der Waals surface area contributed by atoms with Gasteiger partial charge in [-0.25, -0.2) is 0 Å². The summed E-state index contributed by atoms with van der Waals surface area (Å²) in [7, 11) is 1.70. The lowest BCUT2D eigenvalue weighted by Crippen LogP contribution is -2.45. The van der Waals surface area contributed by atoms with E-state index in [1.807, 2.05) is 18.2 Å². The Morgan fingerprint density at radius 1 is 1.11 bits per heavy atom. The third-order valence-electron chi connectivity index (χ3n) is 4.19. The first-order valence-corrected chi connectivity index (χ1v) is 6.47. The summed E-state index contributed by atoms with van der Waals surface area (Å²) in [6.45, 7) is 0. The Balaban J connectivity index is 1.98. The van der Waals surface area contributed by atoms with Crippen LogP contribution in [0.1, 0.15) is 30.9 Å². The second-order valence-electron chi connectivity index (χ2n) is 5.13. The van der Waals surface area contributed by atoms with E-state index in [-0.39, 0.29) is 5.60 Å². The lowest BCUT2D eigenvalue weighted by molar-refractivity contribution is -0.151. The predicted octanol–water partition coefficient (Wildman–Crippen LogP) is 3.44. The van der Waals surface area contributed by atoms with Gasteiger partial charge in [0.1, 0.15) is 6.10 Å². The molecule has 0 aromatic heterocycles. The standard InChI is InChI=1S/C16H18O2/c1-18-16(9-4-10-16)15(17)14-8-7-12-5-2-3-6-13(12)11-14/h2-3,5-8,11,15,17H,4,9-10H2,1H3. The van der Waals surface area contributed by atoms with Gasteiger partial charge in [0.25, 0.3) is 0 Å². The summed E-state index contributed by atoms with van der Waals surface area (Å²) in [6.07, 6.45) is 2.49. The summed E-state index contributed by atoms with van der Waals surface area (Å²) in [6, 6.07) is 14.3. The number of hydrogen-bond acceptors (Lipinski definition) is 2. The van der Waals surface area contributed by atoms with E-state index < -0.39 is 6.10 Å². The fraction of sp³-hybridized carbons (Fsp3) is 0.375. The number of hydrogen-bond donors (Lipinski definition) is 1. The van der Waals surface area contributed by atoms with Crippen LogP contribution in [0, 0.1) is 0 Å². The molecule has 1 unspecified atom stereocenters. The van der Waals surface area contributed by atoms with Crippen LogP contribution in [0.5, 0.6) is 0 Å². The Morgan fingerprint density at radius 2 is 1.83 bits per heavy atom. The number of methoxy groups -OCH3 is 1. The van der Waals surface area contributed by atoms with Gasteiger partial charge in [0.05, 0.1) is 5.60 Å². The zero-order valence-corrected chi connectivity index (χ0v) is 10.6. The lowest BCUT2D eigenvalue weighted by atomic mass is 9.73. The van der Waals surface area contributed by atoms with Crippen LogP contribution in [-0.2, 0) is 4.74 Å². The van der Waals surface area contributed by atoms with Gasteiger partial charge in [-0.15, -0.1) is 0 Å². The predicted molar refractivity (Wildman–Crippen MR) is 72.5 cm³/mol. The van der Waals surface area contributed by atoms with Gasteiger partial charge >= 0.3 is 0 Å². The molecule has 0 amide bonds. The summed E-state index contributed by atoms with van der Waals surface area (Å²) in [5, 5.41) is 12.9. The van der Waals surface area contributed by atoms with Gasteiger partial charge in [-0.3, -0.25) is 0 Å². The van der Waals surface area contributed by atoms with Crippen LogP contribution in [0.4, 0.5) is 0 Å². The molecular formula is C16H18O2. The molecule has 94 valence electrons. The molecular weight excluding hydrogens is 224 g/mol. The Hall–Kier alpha value is -1.38. The van der Waals surface area contributed by atoms with Crippen molar-refractivity contribution in [1.82, 2.24) is 0 Å². The molecule has 2 nitrogen and oxygen atoms in total. The lowest BCUT2D eigenvalue weighted by Gasteiger charge is -2.44. The molecule has 0 radical (unpaired) electrons. The monoisotopic (exact) mass is 242 g/mol. The molecule has 2 heteroatoms. The Kier molecular flexibility index (Phi) is 2.84. The Bertz CT molecular complexity index is 552. The molecule has 1 saturated carbocycles. The minimum atomic E-state index is -0.527. The SMILES string of the molecule is COC1(C(O)c2ccc3ccccc3c2)CCC1. The fourth-order valence-corrected chi connectivity index (χ4v) is 2.80. The molecule has 3 rings (SSSR count). The molecule has 0 heterocycles. The van der Waals surface area contributed by atoms with Gasteiger partial charge in [0.2, 0.25) is 0 Å². The van der Waals surface area contributed by atoms with Crippen molar-refractivity contribution in [3.8, 4) is 0 Å². The van der Waals surface area contributed by atoms with Crippen LogP contribution in [0.15, 0.2) is 42.5 Å². The molecule has 0 spiro atoms. The third-order valence-corrected chi connectivity index (χ3v) is 4.19. The first kappa shape index (κ1) is 11.7. The maximum Gasteiger partial charge on any atom is 0.108 e. The summed E-state index contributed by atoms with van der Waals surface area (Å²) in [5.74, 6) is 0. The molecule has 1 N–H and O–H groups in total. The zero-order chi connectivity index (χ0) is 12.6. The van der Waals surface area contributed by atoms with Crippen LogP contribution >= 0.6 is 0 Å². The van der Waals surface area contributed by atoms with E-state index in [9.17, 15) is 5.11 Å². The quantitative estimate of drug-likeness (QED) is 0.893. The van der Waals surface area contributed by atoms with Crippen LogP contribution in [-0.4, -0.2) is 17.8 Å². The average molecular weight is 242 g/mol. The topological polar surface area (TPSA) is 29.5 Å². The van der Waals surface area contributed by atoms with Crippen LogP contribution < -0.4 is 0 Å². The molecule has 2 aromatic rings. The number of ether oxygens (including phenoxy) is 1. The van der Waals surface area contributed by atoms with Crippen molar-refractivity contribution in [3.05, 3.63) is 48.0 Å². The number of aliphatic hydroxyl groups is 1. The Labute approximate surface area is 107 Å². The smallest absolute Gasteiger partial charge is 0.108 e. The third kappa shape index (κ3) is 1.73. The number of aliphatic hydroxyl groups excluding tert-OH is 1. The second kappa shape index (κ2) is 4.38. The highest BCUT2D eigenvalue weighted by atomic mass is 16.5. The average Bonchev–Trinajstić information content (AvgIpc) is 2.37. The van der Waals surface area contributed by atoms with E-state index in [2.05, 4.69) is 24.3 Å². The maximum absolute atomic E-state index is 10.5. The van der Waals surface area contributed by atoms with Gasteiger partial charge in [0, 0.05) is 7.11 Å². The maximum atomic E-state index is 10.5. The van der Waals surface area contributed by atoms with Crippen LogP contribution in [0.25, 0.3) is 10.8 Å². The summed E-state index contributed by atoms with van der Waals surface area (Å²) >= 11 is 0. The first-order chi connectivity index (χ1) is 8.75. The van der Waals surface area contributed by atoms with E-state index in [1.54, 1.807) is 7.11 Å². The molecule has 2 aromatic carbocycles. The molecule has 1 aliphatic carbocycles. The van der Waals surface area contributed by atoms with Crippen LogP contribution in [0.3, 0.4) is 0 Å². The Morgan fingerprint density at radius 3 is 2.44 bits per heavy atom. The largest absolute Gasteiger partial charge is 0.385 e. The molecule has 1 aliphatic rings. The molecule has 0 bridgehead atoms. The minimum Gasteiger partial charge on any atom is -0.385 e.